The number of anilines is 2. The molecule has 0 radical (unpaired) electrons. The Kier molecular flexibility index (Phi) is 10.6. The highest BCUT2D eigenvalue weighted by molar-refractivity contribution is 7.22. The van der Waals surface area contributed by atoms with E-state index in [4.69, 9.17) is 25.8 Å². The molecule has 5 heterocycles. The number of carbonyl (C=O) groups is 2. The smallest absolute Gasteiger partial charge is 0.413 e. The third-order valence-electron chi connectivity index (χ3n) is 9.88. The van der Waals surface area contributed by atoms with Crippen LogP contribution in [0.2, 0.25) is 5.02 Å². The quantitative estimate of drug-likeness (QED) is 0.189. The fourth-order valence-electron chi connectivity index (χ4n) is 7.65. The van der Waals surface area contributed by atoms with E-state index >= 15 is 17.6 Å². The Bertz CT molecular complexity index is 2230. The van der Waals surface area contributed by atoms with Crippen molar-refractivity contribution >= 4 is 67.2 Å². The predicted molar refractivity (Wildman–Crippen MR) is 206 cm³/mol. The lowest BCUT2D eigenvalue weighted by Gasteiger charge is -2.31. The number of amides is 2. The summed E-state index contributed by atoms with van der Waals surface area (Å²) in [6, 6.07) is 3.38. The molecule has 3 saturated heterocycles. The third-order valence-corrected chi connectivity index (χ3v) is 11.2. The van der Waals surface area contributed by atoms with Crippen LogP contribution in [0.3, 0.4) is 0 Å². The Morgan fingerprint density at radius 1 is 1.00 bits per heavy atom. The number of rotatable bonds is 6. The molecule has 57 heavy (non-hydrogen) atoms. The van der Waals surface area contributed by atoms with E-state index in [9.17, 15) is 14.0 Å². The monoisotopic (exact) mass is 839 g/mol. The first kappa shape index (κ1) is 40.9. The molecule has 0 saturated carbocycles. The van der Waals surface area contributed by atoms with Gasteiger partial charge < -0.3 is 24.0 Å². The first-order chi connectivity index (χ1) is 26.6. The maximum Gasteiger partial charge on any atom is 0.413 e. The maximum absolute atomic E-state index is 17.2. The van der Waals surface area contributed by atoms with E-state index in [0.29, 0.717) is 13.0 Å². The third kappa shape index (κ3) is 8.63. The van der Waals surface area contributed by atoms with Crippen LogP contribution in [0, 0.1) is 11.6 Å². The minimum absolute atomic E-state index is 0.00837. The second-order valence-electron chi connectivity index (χ2n) is 16.7. The number of hydrogen-bond acceptors (Lipinski definition) is 11. The molecule has 7 rings (SSSR count). The summed E-state index contributed by atoms with van der Waals surface area (Å²) in [6.45, 7) is 8.60. The summed E-state index contributed by atoms with van der Waals surface area (Å²) in [4.78, 5) is 42.9. The van der Waals surface area contributed by atoms with Gasteiger partial charge in [-0.2, -0.15) is 9.97 Å². The van der Waals surface area contributed by atoms with E-state index in [1.165, 1.54) is 17.0 Å². The number of ether oxygens (including phenoxy) is 3. The summed E-state index contributed by atoms with van der Waals surface area (Å²) in [5.41, 5.74) is -2.93. The Morgan fingerprint density at radius 3 is 2.46 bits per heavy atom. The Morgan fingerprint density at radius 2 is 1.74 bits per heavy atom. The normalized spacial score (nSPS) is 21.5. The van der Waals surface area contributed by atoms with Gasteiger partial charge in [0.15, 0.2) is 10.9 Å². The summed E-state index contributed by atoms with van der Waals surface area (Å²) < 4.78 is 95.2. The van der Waals surface area contributed by atoms with Gasteiger partial charge in [0.25, 0.3) is 5.92 Å². The highest BCUT2D eigenvalue weighted by Crippen LogP contribution is 2.44. The molecule has 0 aliphatic carbocycles. The van der Waals surface area contributed by atoms with Crippen molar-refractivity contribution in [2.75, 3.05) is 56.1 Å². The van der Waals surface area contributed by atoms with Gasteiger partial charge in [-0.1, -0.05) is 22.9 Å². The molecule has 12 nitrogen and oxygen atoms in total. The van der Waals surface area contributed by atoms with Crippen molar-refractivity contribution in [3.8, 4) is 17.1 Å². The fourth-order valence-corrected chi connectivity index (χ4v) is 8.83. The molecule has 19 heteroatoms. The Hall–Kier alpha value is -4.29. The molecule has 3 aliphatic heterocycles. The summed E-state index contributed by atoms with van der Waals surface area (Å²) in [5, 5.41) is 2.23. The first-order valence-corrected chi connectivity index (χ1v) is 19.7. The zero-order valence-corrected chi connectivity index (χ0v) is 33.9. The Balaban J connectivity index is 1.32. The van der Waals surface area contributed by atoms with E-state index in [1.807, 2.05) is 4.90 Å². The van der Waals surface area contributed by atoms with E-state index < -0.39 is 65.7 Å². The fraction of sp³-hybridized carbons (Fsp3) is 0.553. The van der Waals surface area contributed by atoms with Crippen molar-refractivity contribution in [2.24, 2.45) is 0 Å². The number of carbonyl (C=O) groups excluding carboxylic acids is 2. The van der Waals surface area contributed by atoms with Crippen LogP contribution < -0.4 is 15.0 Å². The summed E-state index contributed by atoms with van der Waals surface area (Å²) in [5.74, 6) is -5.29. The second kappa shape index (κ2) is 14.8. The van der Waals surface area contributed by atoms with Crippen LogP contribution in [-0.4, -0.2) is 112 Å². The van der Waals surface area contributed by atoms with Crippen LogP contribution in [0.5, 0.6) is 6.01 Å². The number of benzene rings is 2. The molecule has 0 unspecified atom stereocenters. The highest BCUT2D eigenvalue weighted by Gasteiger charge is 2.49. The lowest BCUT2D eigenvalue weighted by Crippen LogP contribution is -2.44. The van der Waals surface area contributed by atoms with Gasteiger partial charge in [-0.25, -0.2) is 36.5 Å². The number of nitrogens with zero attached hydrogens (tertiary/aromatic N) is 6. The van der Waals surface area contributed by atoms with Crippen molar-refractivity contribution < 1.29 is 45.8 Å². The number of thiazole rings is 1. The topological polar surface area (TPSA) is 122 Å². The molecule has 0 bridgehead atoms. The van der Waals surface area contributed by atoms with E-state index in [2.05, 4.69) is 20.3 Å². The van der Waals surface area contributed by atoms with Crippen LogP contribution in [0.1, 0.15) is 60.8 Å². The molecule has 308 valence electrons. The molecule has 1 N–H and O–H groups in total. The molecule has 0 spiro atoms. The van der Waals surface area contributed by atoms with Crippen LogP contribution in [-0.2, 0) is 9.47 Å². The SMILES string of the molecule is CC(C)(C)OC(=O)Nc1nc2c(-c3c(Cl)cc4c(N5CCN(C(=O)OC(C)(C)C)CC(F)(F)C5)nc(OC[C@@]56CCCN5C[C@H](F)C6)nc4c3F)ccc(F)c2s1. The number of nitrogens with one attached hydrogen (secondary N) is 1. The molecule has 3 aliphatic rings. The molecule has 3 fully saturated rings. The standard InChI is InChI=1S/C38H43ClF5N7O5S/c1-35(2,3)55-33(52)48-32-46-28-21(8-9-24(41)29(28)57-32)25-23(39)14-22-27(26(25)42)45-31(54-19-37-10-7-11-51(37)16-20(40)15-37)47-30(22)49-12-13-50(18-38(43,44)17-49)34(53)56-36(4,5)6/h8-9,14,20H,7,10-13,15-19H2,1-6H3,(H,46,48,52)/t20-,37+/m1/s1. The van der Waals surface area contributed by atoms with Crippen LogP contribution >= 0.6 is 22.9 Å². The van der Waals surface area contributed by atoms with Crippen molar-refractivity contribution in [3.05, 3.63) is 34.9 Å². The van der Waals surface area contributed by atoms with Gasteiger partial charge in [0, 0.05) is 42.6 Å². The lowest BCUT2D eigenvalue weighted by molar-refractivity contribution is -0.0285. The molecule has 2 aromatic heterocycles. The minimum atomic E-state index is -3.47. The summed E-state index contributed by atoms with van der Waals surface area (Å²) >= 11 is 7.63. The van der Waals surface area contributed by atoms with Gasteiger partial charge in [0.1, 0.15) is 41.1 Å². The molecular weight excluding hydrogens is 797 g/mol. The van der Waals surface area contributed by atoms with Crippen molar-refractivity contribution in [2.45, 2.75) is 89.6 Å². The Labute approximate surface area is 334 Å². The van der Waals surface area contributed by atoms with Gasteiger partial charge in [-0.05, 0) is 79.1 Å². The van der Waals surface area contributed by atoms with E-state index in [-0.39, 0.29) is 86.9 Å². The average molecular weight is 840 g/mol. The summed E-state index contributed by atoms with van der Waals surface area (Å²) in [7, 11) is 0. The number of aromatic nitrogens is 3. The van der Waals surface area contributed by atoms with Gasteiger partial charge in [0.2, 0.25) is 0 Å². The molecule has 2 atom stereocenters. The van der Waals surface area contributed by atoms with Crippen LogP contribution in [0.15, 0.2) is 18.2 Å². The summed E-state index contributed by atoms with van der Waals surface area (Å²) in [6.07, 6.45) is -1.11. The zero-order valence-electron chi connectivity index (χ0n) is 32.3. The van der Waals surface area contributed by atoms with E-state index in [0.717, 1.165) is 28.7 Å². The highest BCUT2D eigenvalue weighted by atomic mass is 35.5. The van der Waals surface area contributed by atoms with Gasteiger partial charge in [-0.15, -0.1) is 0 Å². The lowest BCUT2D eigenvalue weighted by atomic mass is 9.95. The number of hydrogen-bond donors (Lipinski definition) is 1. The largest absolute Gasteiger partial charge is 0.461 e. The predicted octanol–water partition coefficient (Wildman–Crippen LogP) is 8.83. The van der Waals surface area contributed by atoms with E-state index in [1.54, 1.807) is 41.5 Å². The van der Waals surface area contributed by atoms with Crippen LogP contribution in [0.4, 0.5) is 42.5 Å². The average Bonchev–Trinajstić information content (AvgIpc) is 3.73. The van der Waals surface area contributed by atoms with Crippen molar-refractivity contribution in [1.29, 1.82) is 0 Å². The van der Waals surface area contributed by atoms with Crippen LogP contribution in [0.25, 0.3) is 32.2 Å². The molecule has 2 amide bonds. The second-order valence-corrected chi connectivity index (χ2v) is 18.1. The number of alkyl halides is 3. The van der Waals surface area contributed by atoms with Gasteiger partial charge in [-0.3, -0.25) is 10.2 Å². The van der Waals surface area contributed by atoms with Gasteiger partial charge >= 0.3 is 18.2 Å². The minimum Gasteiger partial charge on any atom is -0.461 e. The number of fused-ring (bicyclic) bond motifs is 3. The van der Waals surface area contributed by atoms with Gasteiger partial charge in [0.05, 0.1) is 33.9 Å². The molecular formula is C38H43ClF5N7O5S. The molecule has 2 aromatic carbocycles. The van der Waals surface area contributed by atoms with Crippen molar-refractivity contribution in [1.82, 2.24) is 24.8 Å². The molecule has 4 aromatic rings. The zero-order chi connectivity index (χ0) is 41.2. The number of halogens is 6. The van der Waals surface area contributed by atoms with Crippen molar-refractivity contribution in [3.63, 3.8) is 0 Å². The maximum atomic E-state index is 17.2. The first-order valence-electron chi connectivity index (χ1n) is 18.5.